The minimum atomic E-state index is -3.62. The molecule has 96 valence electrons. The van der Waals surface area contributed by atoms with Gasteiger partial charge in [-0.1, -0.05) is 6.92 Å². The lowest BCUT2D eigenvalue weighted by Gasteiger charge is -2.04. The second kappa shape index (κ2) is 4.47. The molecule has 0 aliphatic carbocycles. The first-order valence-electron chi connectivity index (χ1n) is 5.01. The molecule has 2 rings (SSSR count). The molecule has 0 amide bonds. The molecule has 0 N–H and O–H groups in total. The van der Waals surface area contributed by atoms with E-state index in [1.54, 1.807) is 0 Å². The molecule has 0 spiro atoms. The normalized spacial score (nSPS) is 11.9. The third-order valence-electron chi connectivity index (χ3n) is 2.41. The summed E-state index contributed by atoms with van der Waals surface area (Å²) < 4.78 is 41.8. The van der Waals surface area contributed by atoms with Gasteiger partial charge in [0.25, 0.3) is 0 Å². The molecule has 0 aliphatic heterocycles. The first-order chi connectivity index (χ1) is 8.35. The van der Waals surface area contributed by atoms with Gasteiger partial charge in [0.15, 0.2) is 11.0 Å². The highest BCUT2D eigenvalue weighted by molar-refractivity contribution is 9.10. The molecule has 1 aromatic carbocycles. The Morgan fingerprint density at radius 1 is 1.33 bits per heavy atom. The largest absolute Gasteiger partial charge is 0.443 e. The van der Waals surface area contributed by atoms with Crippen LogP contribution in [-0.4, -0.2) is 14.2 Å². The number of rotatable bonds is 2. The van der Waals surface area contributed by atoms with Crippen LogP contribution in [0.2, 0.25) is 0 Å². The Bertz CT molecular complexity index is 779. The van der Waals surface area contributed by atoms with Gasteiger partial charge in [0, 0.05) is 6.07 Å². The van der Waals surface area contributed by atoms with Crippen molar-refractivity contribution in [1.82, 2.24) is 0 Å². The van der Waals surface area contributed by atoms with E-state index >= 15 is 0 Å². The number of hydrogen-bond acceptors (Lipinski definition) is 4. The first kappa shape index (κ1) is 13.2. The summed E-state index contributed by atoms with van der Waals surface area (Å²) in [6.07, 6.45) is 0. The number of sulfone groups is 1. The maximum absolute atomic E-state index is 13.1. The van der Waals surface area contributed by atoms with Crippen molar-refractivity contribution < 1.29 is 17.2 Å². The van der Waals surface area contributed by atoms with Crippen LogP contribution in [0, 0.1) is 5.82 Å². The van der Waals surface area contributed by atoms with Crippen molar-refractivity contribution in [3.05, 3.63) is 38.7 Å². The van der Waals surface area contributed by atoms with E-state index in [4.69, 9.17) is 4.42 Å². The Labute approximate surface area is 110 Å². The van der Waals surface area contributed by atoms with E-state index < -0.39 is 26.2 Å². The molecule has 0 saturated carbocycles. The summed E-state index contributed by atoms with van der Waals surface area (Å²) >= 11 is 3.04. The molecule has 0 fully saturated rings. The lowest BCUT2D eigenvalue weighted by Crippen LogP contribution is -2.09. The van der Waals surface area contributed by atoms with Crippen LogP contribution in [0.1, 0.15) is 6.92 Å². The topological polar surface area (TPSA) is 64.3 Å². The molecule has 0 radical (unpaired) electrons. The summed E-state index contributed by atoms with van der Waals surface area (Å²) in [5.74, 6) is -0.784. The molecule has 7 heteroatoms. The van der Waals surface area contributed by atoms with E-state index in [2.05, 4.69) is 15.9 Å². The SMILES string of the molecule is CCS(=O)(=O)c1cc(=O)c2cc(F)cc(Br)c2o1. The van der Waals surface area contributed by atoms with Crippen LogP contribution in [0.25, 0.3) is 11.0 Å². The third-order valence-corrected chi connectivity index (χ3v) is 4.58. The summed E-state index contributed by atoms with van der Waals surface area (Å²) in [5, 5.41) is -0.410. The third kappa shape index (κ3) is 2.20. The molecule has 1 aromatic heterocycles. The first-order valence-corrected chi connectivity index (χ1v) is 7.45. The van der Waals surface area contributed by atoms with Crippen LogP contribution in [-0.2, 0) is 9.84 Å². The molecule has 0 aliphatic rings. The average molecular weight is 335 g/mol. The van der Waals surface area contributed by atoms with Crippen molar-refractivity contribution in [3.8, 4) is 0 Å². The molecule has 0 saturated heterocycles. The van der Waals surface area contributed by atoms with Crippen molar-refractivity contribution in [2.45, 2.75) is 12.0 Å². The summed E-state index contributed by atoms with van der Waals surface area (Å²) in [7, 11) is -3.62. The van der Waals surface area contributed by atoms with E-state index in [0.717, 1.165) is 18.2 Å². The molecule has 18 heavy (non-hydrogen) atoms. The van der Waals surface area contributed by atoms with E-state index in [1.165, 1.54) is 6.92 Å². The quantitative estimate of drug-likeness (QED) is 0.846. The van der Waals surface area contributed by atoms with Crippen LogP contribution in [0.3, 0.4) is 0 Å². The number of benzene rings is 1. The van der Waals surface area contributed by atoms with Gasteiger partial charge in [-0.3, -0.25) is 4.79 Å². The summed E-state index contributed by atoms with van der Waals surface area (Å²) in [6, 6.07) is 2.98. The van der Waals surface area contributed by atoms with E-state index in [0.29, 0.717) is 0 Å². The van der Waals surface area contributed by atoms with Crippen molar-refractivity contribution >= 4 is 36.7 Å². The fourth-order valence-corrected chi connectivity index (χ4v) is 2.75. The Hall–Kier alpha value is -1.21. The van der Waals surface area contributed by atoms with Crippen molar-refractivity contribution in [2.75, 3.05) is 5.75 Å². The fourth-order valence-electron chi connectivity index (χ4n) is 1.46. The zero-order valence-corrected chi connectivity index (χ0v) is 11.6. The molecule has 0 bridgehead atoms. The predicted molar refractivity (Wildman–Crippen MR) is 67.9 cm³/mol. The molecular weight excluding hydrogens is 327 g/mol. The molecule has 4 nitrogen and oxygen atoms in total. The highest BCUT2D eigenvalue weighted by Gasteiger charge is 2.18. The second-order valence-electron chi connectivity index (χ2n) is 3.60. The monoisotopic (exact) mass is 334 g/mol. The second-order valence-corrected chi connectivity index (χ2v) is 6.66. The van der Waals surface area contributed by atoms with Gasteiger partial charge in [0.2, 0.25) is 14.9 Å². The van der Waals surface area contributed by atoms with Crippen LogP contribution >= 0.6 is 15.9 Å². The minimum Gasteiger partial charge on any atom is -0.443 e. The van der Waals surface area contributed by atoms with Crippen LogP contribution in [0.4, 0.5) is 4.39 Å². The number of fused-ring (bicyclic) bond motifs is 1. The Morgan fingerprint density at radius 3 is 2.61 bits per heavy atom. The van der Waals surface area contributed by atoms with E-state index in [1.807, 2.05) is 0 Å². The number of hydrogen-bond donors (Lipinski definition) is 0. The molecule has 0 unspecified atom stereocenters. The van der Waals surface area contributed by atoms with Gasteiger partial charge in [-0.15, -0.1) is 0 Å². The average Bonchev–Trinajstić information content (AvgIpc) is 2.30. The molecule has 1 heterocycles. The maximum atomic E-state index is 13.1. The van der Waals surface area contributed by atoms with Gasteiger partial charge in [-0.05, 0) is 28.1 Å². The van der Waals surface area contributed by atoms with Gasteiger partial charge in [0.1, 0.15) is 5.82 Å². The van der Waals surface area contributed by atoms with Gasteiger partial charge in [-0.2, -0.15) is 0 Å². The fraction of sp³-hybridized carbons (Fsp3) is 0.182. The lowest BCUT2D eigenvalue weighted by atomic mass is 10.2. The van der Waals surface area contributed by atoms with E-state index in [-0.39, 0.29) is 21.2 Å². The van der Waals surface area contributed by atoms with Crippen molar-refractivity contribution in [2.24, 2.45) is 0 Å². The van der Waals surface area contributed by atoms with Gasteiger partial charge in [0.05, 0.1) is 15.6 Å². The van der Waals surface area contributed by atoms with Crippen LogP contribution in [0.5, 0.6) is 0 Å². The highest BCUT2D eigenvalue weighted by atomic mass is 79.9. The van der Waals surface area contributed by atoms with Gasteiger partial charge in [-0.25, -0.2) is 12.8 Å². The summed E-state index contributed by atoms with van der Waals surface area (Å²) in [6.45, 7) is 1.44. The van der Waals surface area contributed by atoms with Crippen molar-refractivity contribution in [1.29, 1.82) is 0 Å². The summed E-state index contributed by atoms with van der Waals surface area (Å²) in [5.41, 5.74) is -0.570. The Balaban J connectivity index is 2.91. The van der Waals surface area contributed by atoms with Crippen molar-refractivity contribution in [3.63, 3.8) is 0 Å². The Kier molecular flexibility index (Phi) is 3.29. The zero-order chi connectivity index (χ0) is 13.5. The number of halogens is 2. The smallest absolute Gasteiger partial charge is 0.222 e. The summed E-state index contributed by atoms with van der Waals surface area (Å²) in [4.78, 5) is 11.8. The predicted octanol–water partition coefficient (Wildman–Crippen LogP) is 2.49. The maximum Gasteiger partial charge on any atom is 0.222 e. The van der Waals surface area contributed by atoms with Crippen LogP contribution in [0.15, 0.2) is 37.0 Å². The van der Waals surface area contributed by atoms with Gasteiger partial charge >= 0.3 is 0 Å². The highest BCUT2D eigenvalue weighted by Crippen LogP contribution is 2.25. The molecule has 2 aromatic rings. The minimum absolute atomic E-state index is 0.00284. The molecular formula is C11H8BrFO4S. The standard InChI is InChI=1S/C11H8BrFO4S/c1-2-18(15,16)10-5-9(14)7-3-6(13)4-8(12)11(7)17-10/h3-5H,2H2,1H3. The lowest BCUT2D eigenvalue weighted by molar-refractivity contribution is 0.468. The Morgan fingerprint density at radius 2 is 2.00 bits per heavy atom. The molecule has 0 atom stereocenters. The zero-order valence-electron chi connectivity index (χ0n) is 9.24. The van der Waals surface area contributed by atoms with Gasteiger partial charge < -0.3 is 4.42 Å². The van der Waals surface area contributed by atoms with E-state index in [9.17, 15) is 17.6 Å². The van der Waals surface area contributed by atoms with Crippen LogP contribution < -0.4 is 5.43 Å².